The molecule has 4 heteroatoms. The Morgan fingerprint density at radius 1 is 0.960 bits per heavy atom. The van der Waals surface area contributed by atoms with Crippen molar-refractivity contribution in [2.24, 2.45) is 0 Å². The summed E-state index contributed by atoms with van der Waals surface area (Å²) in [5.41, 5.74) is 2.53. The molecule has 128 valence electrons. The third-order valence-electron chi connectivity index (χ3n) is 3.45. The van der Waals surface area contributed by atoms with Gasteiger partial charge in [0.05, 0.1) is 13.7 Å². The molecule has 4 nitrogen and oxygen atoms in total. The molecular weight excluding hydrogens is 316 g/mol. The number of ether oxygens (including phenoxy) is 1. The number of ketones is 1. The molecule has 25 heavy (non-hydrogen) atoms. The van der Waals surface area contributed by atoms with Crippen LogP contribution in [0.3, 0.4) is 0 Å². The maximum absolute atomic E-state index is 11.8. The molecule has 0 aromatic heterocycles. The van der Waals surface area contributed by atoms with E-state index in [1.165, 1.54) is 12.2 Å². The van der Waals surface area contributed by atoms with Crippen LogP contribution >= 0.6 is 0 Å². The zero-order valence-corrected chi connectivity index (χ0v) is 13.9. The van der Waals surface area contributed by atoms with E-state index < -0.39 is 0 Å². The van der Waals surface area contributed by atoms with E-state index in [2.05, 4.69) is 0 Å². The van der Waals surface area contributed by atoms with Crippen LogP contribution in [0.25, 0.3) is 12.2 Å². The molecule has 0 radical (unpaired) electrons. The maximum Gasteiger partial charge on any atom is 0.182 e. The van der Waals surface area contributed by atoms with Crippen LogP contribution in [0.4, 0.5) is 0 Å². The summed E-state index contributed by atoms with van der Waals surface area (Å²) in [6.07, 6.45) is 7.35. The third-order valence-corrected chi connectivity index (χ3v) is 3.45. The lowest BCUT2D eigenvalue weighted by Gasteiger charge is -1.99. The summed E-state index contributed by atoms with van der Waals surface area (Å²) in [6, 6.07) is 14.5. The number of aliphatic hydroxyl groups excluding tert-OH is 2. The normalized spacial score (nSPS) is 12.0. The molecule has 2 aromatic rings. The Kier molecular flexibility index (Phi) is 6.75. The Morgan fingerprint density at radius 3 is 2.08 bits per heavy atom. The van der Waals surface area contributed by atoms with Crippen LogP contribution in [0.5, 0.6) is 5.75 Å². The predicted molar refractivity (Wildman–Crippen MR) is 99.1 cm³/mol. The Labute approximate surface area is 147 Å². The molecule has 0 unspecified atom stereocenters. The van der Waals surface area contributed by atoms with Crippen molar-refractivity contribution >= 4 is 17.9 Å². The van der Waals surface area contributed by atoms with Gasteiger partial charge >= 0.3 is 0 Å². The Balaban J connectivity index is 1.96. The smallest absolute Gasteiger partial charge is 0.182 e. The second-order valence-electron chi connectivity index (χ2n) is 5.31. The summed E-state index contributed by atoms with van der Waals surface area (Å²) >= 11 is 0. The fourth-order valence-corrected chi connectivity index (χ4v) is 2.05. The number of carbonyl (C=O) groups excluding carboxylic acids is 1. The Hall–Kier alpha value is -3.11. The van der Waals surface area contributed by atoms with Crippen molar-refractivity contribution in [2.45, 2.75) is 6.61 Å². The number of hydrogen-bond donors (Lipinski definition) is 2. The van der Waals surface area contributed by atoms with Crippen molar-refractivity contribution in [3.05, 3.63) is 89.2 Å². The fraction of sp³-hybridized carbons (Fsp3) is 0.0952. The molecule has 0 saturated carbocycles. The first-order valence-corrected chi connectivity index (χ1v) is 7.75. The maximum atomic E-state index is 11.8. The van der Waals surface area contributed by atoms with Gasteiger partial charge in [0.15, 0.2) is 5.78 Å². The molecule has 2 rings (SSSR count). The van der Waals surface area contributed by atoms with E-state index in [4.69, 9.17) is 9.84 Å². The van der Waals surface area contributed by atoms with Crippen molar-refractivity contribution in [2.75, 3.05) is 7.11 Å². The van der Waals surface area contributed by atoms with Crippen LogP contribution in [0.15, 0.2) is 72.5 Å². The van der Waals surface area contributed by atoms with Gasteiger partial charge in [-0.05, 0) is 41.0 Å². The summed E-state index contributed by atoms with van der Waals surface area (Å²) < 4.78 is 5.07. The van der Waals surface area contributed by atoms with Gasteiger partial charge in [-0.3, -0.25) is 4.79 Å². The predicted octanol–water partition coefficient (Wildman–Crippen LogP) is 3.93. The SMILES string of the molecule is COc1ccc(/C=C/C(O)=C/C(=O)/C=C/c2ccc(CO)cc2)cc1. The van der Waals surface area contributed by atoms with E-state index >= 15 is 0 Å². The number of aliphatic hydroxyl groups is 2. The molecule has 0 atom stereocenters. The van der Waals surface area contributed by atoms with E-state index in [0.717, 1.165) is 28.5 Å². The van der Waals surface area contributed by atoms with Gasteiger partial charge in [-0.2, -0.15) is 0 Å². The van der Waals surface area contributed by atoms with Crippen molar-refractivity contribution < 1.29 is 19.7 Å². The quantitative estimate of drug-likeness (QED) is 0.457. The summed E-state index contributed by atoms with van der Waals surface area (Å²) in [5.74, 6) is 0.313. The highest BCUT2D eigenvalue weighted by Gasteiger charge is 1.96. The molecule has 0 fully saturated rings. The van der Waals surface area contributed by atoms with Gasteiger partial charge < -0.3 is 14.9 Å². The third kappa shape index (κ3) is 6.12. The van der Waals surface area contributed by atoms with Gasteiger partial charge in [0.2, 0.25) is 0 Å². The number of rotatable bonds is 7. The summed E-state index contributed by atoms with van der Waals surface area (Å²) in [4.78, 5) is 11.8. The second kappa shape index (κ2) is 9.25. The number of methoxy groups -OCH3 is 1. The second-order valence-corrected chi connectivity index (χ2v) is 5.31. The first-order valence-electron chi connectivity index (χ1n) is 7.75. The summed E-state index contributed by atoms with van der Waals surface area (Å²) in [6.45, 7) is -0.0138. The minimum atomic E-state index is -0.317. The summed E-state index contributed by atoms with van der Waals surface area (Å²) in [7, 11) is 1.60. The van der Waals surface area contributed by atoms with Crippen LogP contribution in [0.1, 0.15) is 16.7 Å². The monoisotopic (exact) mass is 336 g/mol. The van der Waals surface area contributed by atoms with Crippen molar-refractivity contribution in [3.63, 3.8) is 0 Å². The molecule has 0 spiro atoms. The van der Waals surface area contributed by atoms with E-state index in [-0.39, 0.29) is 18.1 Å². The molecule has 0 amide bonds. The van der Waals surface area contributed by atoms with Crippen LogP contribution in [0, 0.1) is 0 Å². The van der Waals surface area contributed by atoms with Crippen LogP contribution < -0.4 is 4.74 Å². The standard InChI is InChI=1S/C21H20O4/c1-25-21-12-8-17(9-13-21)7-11-20(24)14-19(23)10-6-16-2-4-18(15-22)5-3-16/h2-14,22,24H,15H2,1H3/b10-6+,11-7+,20-14-. The summed E-state index contributed by atoms with van der Waals surface area (Å²) in [5, 5.41) is 18.8. The van der Waals surface area contributed by atoms with Gasteiger partial charge in [0.25, 0.3) is 0 Å². The lowest BCUT2D eigenvalue weighted by Crippen LogP contribution is -1.89. The Bertz CT molecular complexity index is 782. The van der Waals surface area contributed by atoms with Gasteiger partial charge in [0.1, 0.15) is 11.5 Å². The van der Waals surface area contributed by atoms with E-state index in [1.54, 1.807) is 31.4 Å². The molecule has 0 bridgehead atoms. The van der Waals surface area contributed by atoms with Gasteiger partial charge in [-0.1, -0.05) is 48.6 Å². The highest BCUT2D eigenvalue weighted by molar-refractivity contribution is 6.02. The largest absolute Gasteiger partial charge is 0.508 e. The van der Waals surface area contributed by atoms with E-state index in [9.17, 15) is 9.90 Å². The number of hydrogen-bond acceptors (Lipinski definition) is 4. The zero-order valence-electron chi connectivity index (χ0n) is 13.9. The molecule has 2 N–H and O–H groups in total. The first-order chi connectivity index (χ1) is 12.1. The molecule has 0 aliphatic heterocycles. The van der Waals surface area contributed by atoms with Gasteiger partial charge in [-0.15, -0.1) is 0 Å². The highest BCUT2D eigenvalue weighted by atomic mass is 16.5. The molecule has 0 aliphatic carbocycles. The van der Waals surface area contributed by atoms with Crippen molar-refractivity contribution in [3.8, 4) is 5.75 Å². The Morgan fingerprint density at radius 2 is 1.52 bits per heavy atom. The van der Waals surface area contributed by atoms with E-state index in [1.807, 2.05) is 36.4 Å². The fourth-order valence-electron chi connectivity index (χ4n) is 2.05. The van der Waals surface area contributed by atoms with Crippen molar-refractivity contribution in [1.82, 2.24) is 0 Å². The molecule has 2 aromatic carbocycles. The van der Waals surface area contributed by atoms with Crippen molar-refractivity contribution in [1.29, 1.82) is 0 Å². The lowest BCUT2D eigenvalue weighted by molar-refractivity contribution is -0.110. The zero-order chi connectivity index (χ0) is 18.1. The molecular formula is C21H20O4. The molecule has 0 aliphatic rings. The number of benzene rings is 2. The average Bonchev–Trinajstić information content (AvgIpc) is 2.65. The molecule has 0 saturated heterocycles. The average molecular weight is 336 g/mol. The minimum absolute atomic E-state index is 0.0138. The van der Waals surface area contributed by atoms with Gasteiger partial charge in [-0.25, -0.2) is 0 Å². The lowest BCUT2D eigenvalue weighted by atomic mass is 10.1. The van der Waals surface area contributed by atoms with Crippen LogP contribution in [-0.2, 0) is 11.4 Å². The van der Waals surface area contributed by atoms with Crippen LogP contribution in [-0.4, -0.2) is 23.1 Å². The first kappa shape index (κ1) is 18.2. The number of carbonyl (C=O) groups is 1. The minimum Gasteiger partial charge on any atom is -0.508 e. The van der Waals surface area contributed by atoms with Crippen LogP contribution in [0.2, 0.25) is 0 Å². The molecule has 0 heterocycles. The topological polar surface area (TPSA) is 66.8 Å². The number of allylic oxidation sites excluding steroid dienone is 3. The highest BCUT2D eigenvalue weighted by Crippen LogP contribution is 2.13. The van der Waals surface area contributed by atoms with Gasteiger partial charge in [0, 0.05) is 6.08 Å². The van der Waals surface area contributed by atoms with E-state index in [0.29, 0.717) is 0 Å².